The van der Waals surface area contributed by atoms with E-state index in [4.69, 9.17) is 0 Å². The van der Waals surface area contributed by atoms with Gasteiger partial charge in [-0.05, 0) is 12.1 Å². The molecule has 0 fully saturated rings. The first-order valence-electron chi connectivity index (χ1n) is 4.97. The zero-order chi connectivity index (χ0) is 15.6. The van der Waals surface area contributed by atoms with Crippen LogP contribution in [0.15, 0.2) is 23.1 Å². The van der Waals surface area contributed by atoms with E-state index in [2.05, 4.69) is 5.14 Å². The lowest BCUT2D eigenvalue weighted by Crippen LogP contribution is -2.31. The van der Waals surface area contributed by atoms with Crippen LogP contribution in [0.25, 0.3) is 0 Å². The van der Waals surface area contributed by atoms with E-state index >= 15 is 0 Å². The van der Waals surface area contributed by atoms with Gasteiger partial charge in [-0.2, -0.15) is 0 Å². The predicted octanol–water partition coefficient (Wildman–Crippen LogP) is -0.699. The van der Waals surface area contributed by atoms with Gasteiger partial charge in [0.2, 0.25) is 20.0 Å². The van der Waals surface area contributed by atoms with Crippen LogP contribution in [0, 0.1) is 15.9 Å². The second kappa shape index (κ2) is 5.78. The Morgan fingerprint density at radius 2 is 1.90 bits per heavy atom. The van der Waals surface area contributed by atoms with Crippen molar-refractivity contribution >= 4 is 25.7 Å². The number of rotatable bonds is 6. The molecule has 0 saturated heterocycles. The lowest BCUT2D eigenvalue weighted by atomic mass is 10.3. The third-order valence-corrected chi connectivity index (χ3v) is 4.37. The van der Waals surface area contributed by atoms with Gasteiger partial charge in [-0.15, -0.1) is 0 Å². The molecular formula is C8H10FN3O6S2. The van der Waals surface area contributed by atoms with Gasteiger partial charge in [0, 0.05) is 6.54 Å². The highest BCUT2D eigenvalue weighted by molar-refractivity contribution is 7.90. The van der Waals surface area contributed by atoms with Crippen LogP contribution in [0.2, 0.25) is 0 Å². The molecule has 0 saturated carbocycles. The van der Waals surface area contributed by atoms with Crippen LogP contribution in [0.1, 0.15) is 0 Å². The third-order valence-electron chi connectivity index (χ3n) is 2.09. The van der Waals surface area contributed by atoms with E-state index in [1.165, 1.54) is 0 Å². The molecular weight excluding hydrogens is 317 g/mol. The van der Waals surface area contributed by atoms with Crippen molar-refractivity contribution in [2.45, 2.75) is 4.90 Å². The molecule has 9 nitrogen and oxygen atoms in total. The molecule has 0 atom stereocenters. The van der Waals surface area contributed by atoms with Gasteiger partial charge in [0.05, 0.1) is 16.7 Å². The van der Waals surface area contributed by atoms with Gasteiger partial charge in [-0.3, -0.25) is 10.1 Å². The van der Waals surface area contributed by atoms with Gasteiger partial charge in [-0.1, -0.05) is 0 Å². The van der Waals surface area contributed by atoms with Gasteiger partial charge in [0.25, 0.3) is 5.69 Å². The monoisotopic (exact) mass is 327 g/mol. The predicted molar refractivity (Wildman–Crippen MR) is 66.2 cm³/mol. The quantitative estimate of drug-likeness (QED) is 0.521. The first-order chi connectivity index (χ1) is 9.03. The van der Waals surface area contributed by atoms with E-state index in [0.717, 1.165) is 6.07 Å². The topological polar surface area (TPSA) is 149 Å². The first kappa shape index (κ1) is 16.4. The molecule has 0 radical (unpaired) electrons. The highest BCUT2D eigenvalue weighted by atomic mass is 32.2. The van der Waals surface area contributed by atoms with Crippen molar-refractivity contribution < 1.29 is 26.1 Å². The summed E-state index contributed by atoms with van der Waals surface area (Å²) in [4.78, 5) is 8.86. The maximum Gasteiger partial charge on any atom is 0.292 e. The van der Waals surface area contributed by atoms with Crippen LogP contribution in [0.4, 0.5) is 10.1 Å². The second-order valence-electron chi connectivity index (χ2n) is 3.63. The summed E-state index contributed by atoms with van der Waals surface area (Å²) in [6.45, 7) is -0.560. The molecule has 20 heavy (non-hydrogen) atoms. The van der Waals surface area contributed by atoms with Crippen molar-refractivity contribution in [2.75, 3.05) is 12.3 Å². The number of nitrogens with two attached hydrogens (primary N) is 1. The molecule has 0 aliphatic heterocycles. The number of sulfonamides is 2. The molecule has 1 aromatic carbocycles. The minimum absolute atomic E-state index is 0.453. The van der Waals surface area contributed by atoms with Crippen LogP contribution >= 0.6 is 0 Å². The Hall–Kier alpha value is -1.63. The summed E-state index contributed by atoms with van der Waals surface area (Å²) in [5.41, 5.74) is -0.951. The lowest BCUT2D eigenvalue weighted by Gasteiger charge is -2.06. The summed E-state index contributed by atoms with van der Waals surface area (Å²) in [5, 5.41) is 15.4. The molecule has 0 aliphatic carbocycles. The van der Waals surface area contributed by atoms with Crippen LogP contribution in [-0.4, -0.2) is 34.1 Å². The zero-order valence-electron chi connectivity index (χ0n) is 9.81. The smallest absolute Gasteiger partial charge is 0.258 e. The Kier molecular flexibility index (Phi) is 4.75. The molecule has 0 aromatic heterocycles. The van der Waals surface area contributed by atoms with Crippen molar-refractivity contribution in [1.82, 2.24) is 4.72 Å². The molecule has 12 heteroatoms. The Morgan fingerprint density at radius 1 is 1.30 bits per heavy atom. The molecule has 0 spiro atoms. The largest absolute Gasteiger partial charge is 0.292 e. The van der Waals surface area contributed by atoms with Crippen molar-refractivity contribution in [3.63, 3.8) is 0 Å². The minimum Gasteiger partial charge on any atom is -0.258 e. The van der Waals surface area contributed by atoms with E-state index in [1.807, 2.05) is 4.72 Å². The summed E-state index contributed by atoms with van der Waals surface area (Å²) >= 11 is 0. The van der Waals surface area contributed by atoms with Gasteiger partial charge in [0.1, 0.15) is 5.82 Å². The highest BCUT2D eigenvalue weighted by Crippen LogP contribution is 2.24. The molecule has 0 bridgehead atoms. The molecule has 0 amide bonds. The summed E-state index contributed by atoms with van der Waals surface area (Å²) in [5.74, 6) is -1.65. The number of primary sulfonamides is 1. The van der Waals surface area contributed by atoms with Crippen LogP contribution in [0.5, 0.6) is 0 Å². The maximum absolute atomic E-state index is 12.9. The Balaban J connectivity index is 3.07. The number of halogens is 1. The molecule has 112 valence electrons. The highest BCUT2D eigenvalue weighted by Gasteiger charge is 2.26. The second-order valence-corrected chi connectivity index (χ2v) is 7.10. The van der Waals surface area contributed by atoms with Gasteiger partial charge in [-0.25, -0.2) is 31.1 Å². The molecule has 0 heterocycles. The fraction of sp³-hybridized carbons (Fsp3) is 0.250. The molecule has 1 rings (SSSR count). The van der Waals surface area contributed by atoms with E-state index in [9.17, 15) is 31.3 Å². The van der Waals surface area contributed by atoms with E-state index in [1.54, 1.807) is 0 Å². The van der Waals surface area contributed by atoms with Gasteiger partial charge >= 0.3 is 0 Å². The van der Waals surface area contributed by atoms with Crippen LogP contribution in [0.3, 0.4) is 0 Å². The van der Waals surface area contributed by atoms with Gasteiger partial charge < -0.3 is 0 Å². The number of nitro benzene ring substituents is 1. The maximum atomic E-state index is 12.9. The number of nitrogens with zero attached hydrogens (tertiary/aromatic N) is 1. The molecule has 0 aliphatic rings. The number of nitro groups is 1. The summed E-state index contributed by atoms with van der Waals surface area (Å²) in [7, 11) is -8.24. The average molecular weight is 327 g/mol. The minimum atomic E-state index is -4.35. The summed E-state index contributed by atoms with van der Waals surface area (Å²) < 4.78 is 59.6. The number of hydrogen-bond acceptors (Lipinski definition) is 6. The Morgan fingerprint density at radius 3 is 2.40 bits per heavy atom. The average Bonchev–Trinajstić information content (AvgIpc) is 2.26. The van der Waals surface area contributed by atoms with Crippen LogP contribution < -0.4 is 9.86 Å². The van der Waals surface area contributed by atoms with Crippen molar-refractivity contribution in [1.29, 1.82) is 0 Å². The SMILES string of the molecule is NS(=O)(=O)CCNS(=O)(=O)c1ccc(F)cc1[N+](=O)[O-]. The molecule has 1 aromatic rings. The lowest BCUT2D eigenvalue weighted by molar-refractivity contribution is -0.388. The molecule has 0 unspecified atom stereocenters. The van der Waals surface area contributed by atoms with E-state index in [0.29, 0.717) is 12.1 Å². The standard InChI is InChI=1S/C8H10FN3O6S2/c9-6-1-2-8(7(5-6)12(13)14)20(17,18)11-3-4-19(10,15)16/h1-2,5,11H,3-4H2,(H2,10,15,16). The van der Waals surface area contributed by atoms with Crippen molar-refractivity contribution in [3.8, 4) is 0 Å². The van der Waals surface area contributed by atoms with E-state index < -0.39 is 53.7 Å². The number of nitrogens with one attached hydrogen (secondary N) is 1. The number of hydrogen-bond donors (Lipinski definition) is 2. The first-order valence-corrected chi connectivity index (χ1v) is 8.17. The third kappa shape index (κ3) is 4.48. The van der Waals surface area contributed by atoms with Crippen LogP contribution in [-0.2, 0) is 20.0 Å². The van der Waals surface area contributed by atoms with Gasteiger partial charge in [0.15, 0.2) is 4.90 Å². The fourth-order valence-corrected chi connectivity index (χ4v) is 2.95. The Bertz CT molecular complexity index is 731. The summed E-state index contributed by atoms with van der Waals surface area (Å²) in [6.07, 6.45) is 0. The van der Waals surface area contributed by atoms with Crippen molar-refractivity contribution in [3.05, 3.63) is 34.1 Å². The van der Waals surface area contributed by atoms with E-state index in [-0.39, 0.29) is 0 Å². The molecule has 3 N–H and O–H groups in total. The van der Waals surface area contributed by atoms with Crippen molar-refractivity contribution in [2.24, 2.45) is 5.14 Å². The summed E-state index contributed by atoms with van der Waals surface area (Å²) in [6, 6.07) is 1.90. The Labute approximate surface area is 113 Å². The fourth-order valence-electron chi connectivity index (χ4n) is 1.26. The number of benzene rings is 1. The normalized spacial score (nSPS) is 12.3. The zero-order valence-corrected chi connectivity index (χ0v) is 11.4.